The second-order valence-corrected chi connectivity index (χ2v) is 9.61. The number of para-hydroxylation sites is 1. The Kier molecular flexibility index (Phi) is 4.76. The van der Waals surface area contributed by atoms with Crippen molar-refractivity contribution < 1.29 is 13.2 Å². The monoisotopic (exact) mass is 441 g/mol. The summed E-state index contributed by atoms with van der Waals surface area (Å²) in [5.41, 5.74) is 1.99. The highest BCUT2D eigenvalue weighted by molar-refractivity contribution is 7.89. The standard InChI is InChI=1S/C20H19N5O3S2/c26-19(14-24-9-8-15-4-1-2-6-17(15)24)23-10-12-25(13-11-23)30(27,28)18-7-3-5-16-20(18)22-29-21-16/h1-9H,10-14H2. The van der Waals surface area contributed by atoms with Gasteiger partial charge >= 0.3 is 0 Å². The number of fused-ring (bicyclic) bond motifs is 2. The first-order valence-corrected chi connectivity index (χ1v) is 11.7. The number of hydrogen-bond donors (Lipinski definition) is 0. The number of aromatic nitrogens is 3. The summed E-state index contributed by atoms with van der Waals surface area (Å²) < 4.78 is 37.9. The first-order valence-electron chi connectivity index (χ1n) is 9.57. The molecule has 0 radical (unpaired) electrons. The Hall–Kier alpha value is -2.82. The molecule has 0 N–H and O–H groups in total. The van der Waals surface area contributed by atoms with Gasteiger partial charge in [-0.25, -0.2) is 8.42 Å². The molecule has 0 spiro atoms. The van der Waals surface area contributed by atoms with Gasteiger partial charge in [0, 0.05) is 37.9 Å². The van der Waals surface area contributed by atoms with Crippen molar-refractivity contribution in [1.82, 2.24) is 22.5 Å². The number of amides is 1. The van der Waals surface area contributed by atoms with Crippen molar-refractivity contribution in [3.63, 3.8) is 0 Å². The van der Waals surface area contributed by atoms with Crippen LogP contribution in [0.25, 0.3) is 21.9 Å². The third-order valence-corrected chi connectivity index (χ3v) is 7.92. The van der Waals surface area contributed by atoms with Crippen molar-refractivity contribution in [2.75, 3.05) is 26.2 Å². The van der Waals surface area contributed by atoms with E-state index in [1.807, 2.05) is 41.1 Å². The summed E-state index contributed by atoms with van der Waals surface area (Å²) in [4.78, 5) is 14.7. The van der Waals surface area contributed by atoms with Crippen LogP contribution in [-0.2, 0) is 21.4 Å². The van der Waals surface area contributed by atoms with E-state index in [1.165, 1.54) is 4.31 Å². The summed E-state index contributed by atoms with van der Waals surface area (Å²) in [7, 11) is -3.69. The number of carbonyl (C=O) groups excluding carboxylic acids is 1. The highest BCUT2D eigenvalue weighted by Gasteiger charge is 2.32. The van der Waals surface area contributed by atoms with E-state index in [-0.39, 0.29) is 30.4 Å². The molecule has 1 saturated heterocycles. The van der Waals surface area contributed by atoms with Crippen LogP contribution in [0, 0.1) is 0 Å². The highest BCUT2D eigenvalue weighted by Crippen LogP contribution is 2.25. The topological polar surface area (TPSA) is 88.4 Å². The van der Waals surface area contributed by atoms with Crippen molar-refractivity contribution in [1.29, 1.82) is 0 Å². The molecular weight excluding hydrogens is 422 g/mol. The summed E-state index contributed by atoms with van der Waals surface area (Å²) in [6.07, 6.45) is 1.91. The van der Waals surface area contributed by atoms with Crippen molar-refractivity contribution in [3.8, 4) is 0 Å². The highest BCUT2D eigenvalue weighted by atomic mass is 32.2. The van der Waals surface area contributed by atoms with E-state index in [1.54, 1.807) is 23.1 Å². The van der Waals surface area contributed by atoms with Crippen LogP contribution in [0.5, 0.6) is 0 Å². The van der Waals surface area contributed by atoms with E-state index in [0.29, 0.717) is 24.1 Å². The van der Waals surface area contributed by atoms with Gasteiger partial charge in [-0.1, -0.05) is 24.3 Å². The molecule has 2 aromatic heterocycles. The predicted octanol–water partition coefficient (Wildman–Crippen LogP) is 2.18. The Morgan fingerprint density at radius 2 is 1.77 bits per heavy atom. The minimum Gasteiger partial charge on any atom is -0.339 e. The lowest BCUT2D eigenvalue weighted by Crippen LogP contribution is -2.51. The molecule has 0 atom stereocenters. The summed E-state index contributed by atoms with van der Waals surface area (Å²) in [5.74, 6) is -0.0146. The Labute approximate surface area is 177 Å². The van der Waals surface area contributed by atoms with Gasteiger partial charge in [-0.3, -0.25) is 4.79 Å². The van der Waals surface area contributed by atoms with Gasteiger partial charge in [0.2, 0.25) is 15.9 Å². The van der Waals surface area contributed by atoms with Crippen LogP contribution in [0.1, 0.15) is 0 Å². The summed E-state index contributed by atoms with van der Waals surface area (Å²) >= 11 is 0.998. The van der Waals surface area contributed by atoms with Gasteiger partial charge in [0.05, 0.1) is 11.7 Å². The molecule has 30 heavy (non-hydrogen) atoms. The number of piperazine rings is 1. The maximum Gasteiger partial charge on any atom is 0.245 e. The average Bonchev–Trinajstić information content (AvgIpc) is 3.41. The van der Waals surface area contributed by atoms with Gasteiger partial charge in [-0.05, 0) is 29.7 Å². The number of nitrogens with zero attached hydrogens (tertiary/aromatic N) is 5. The Balaban J connectivity index is 1.29. The largest absolute Gasteiger partial charge is 0.339 e. The first-order chi connectivity index (χ1) is 14.5. The Morgan fingerprint density at radius 3 is 2.60 bits per heavy atom. The molecule has 10 heteroatoms. The lowest BCUT2D eigenvalue weighted by Gasteiger charge is -2.34. The number of benzene rings is 2. The SMILES string of the molecule is O=C(Cn1ccc2ccccc21)N1CCN(S(=O)(=O)c2cccc3nsnc23)CC1. The average molecular weight is 442 g/mol. The van der Waals surface area contributed by atoms with E-state index in [0.717, 1.165) is 22.6 Å². The summed E-state index contributed by atoms with van der Waals surface area (Å²) in [6, 6.07) is 14.9. The van der Waals surface area contributed by atoms with Crippen LogP contribution in [0.15, 0.2) is 59.6 Å². The normalized spacial score (nSPS) is 15.8. The third-order valence-electron chi connectivity index (χ3n) is 5.44. The molecule has 0 bridgehead atoms. The van der Waals surface area contributed by atoms with Crippen LogP contribution < -0.4 is 0 Å². The van der Waals surface area contributed by atoms with Crippen molar-refractivity contribution >= 4 is 49.6 Å². The Morgan fingerprint density at radius 1 is 0.967 bits per heavy atom. The summed E-state index contributed by atoms with van der Waals surface area (Å²) in [6.45, 7) is 1.48. The molecule has 0 saturated carbocycles. The molecule has 1 aliphatic heterocycles. The minimum absolute atomic E-state index is 0.0146. The zero-order valence-corrected chi connectivity index (χ0v) is 17.6. The molecule has 1 fully saturated rings. The molecular formula is C20H19N5O3S2. The number of carbonyl (C=O) groups is 1. The second-order valence-electron chi connectivity index (χ2n) is 7.18. The van der Waals surface area contributed by atoms with Crippen LogP contribution in [0.3, 0.4) is 0 Å². The van der Waals surface area contributed by atoms with E-state index in [9.17, 15) is 13.2 Å². The smallest absolute Gasteiger partial charge is 0.245 e. The van der Waals surface area contributed by atoms with E-state index >= 15 is 0 Å². The quantitative estimate of drug-likeness (QED) is 0.484. The molecule has 1 amide bonds. The fourth-order valence-electron chi connectivity index (χ4n) is 3.83. The van der Waals surface area contributed by atoms with Crippen LogP contribution >= 0.6 is 11.7 Å². The van der Waals surface area contributed by atoms with Gasteiger partial charge in [0.15, 0.2) is 0 Å². The fraction of sp³-hybridized carbons (Fsp3) is 0.250. The van der Waals surface area contributed by atoms with E-state index in [2.05, 4.69) is 8.75 Å². The molecule has 3 heterocycles. The molecule has 154 valence electrons. The fourth-order valence-corrected chi connectivity index (χ4v) is 6.01. The van der Waals surface area contributed by atoms with Crippen LogP contribution in [0.4, 0.5) is 0 Å². The van der Waals surface area contributed by atoms with Gasteiger partial charge in [-0.2, -0.15) is 13.1 Å². The molecule has 1 aliphatic rings. The van der Waals surface area contributed by atoms with Gasteiger partial charge in [-0.15, -0.1) is 0 Å². The molecule has 0 unspecified atom stereocenters. The van der Waals surface area contributed by atoms with E-state index < -0.39 is 10.0 Å². The maximum atomic E-state index is 13.1. The molecule has 5 rings (SSSR count). The lowest BCUT2D eigenvalue weighted by atomic mass is 10.2. The Bertz CT molecular complexity index is 1340. The lowest BCUT2D eigenvalue weighted by molar-refractivity contribution is -0.132. The number of rotatable bonds is 4. The maximum absolute atomic E-state index is 13.1. The minimum atomic E-state index is -3.69. The third kappa shape index (κ3) is 3.26. The van der Waals surface area contributed by atoms with Crippen molar-refractivity contribution in [2.45, 2.75) is 11.4 Å². The number of sulfonamides is 1. The van der Waals surface area contributed by atoms with Crippen molar-refractivity contribution in [2.24, 2.45) is 0 Å². The predicted molar refractivity (Wildman–Crippen MR) is 115 cm³/mol. The molecule has 4 aromatic rings. The van der Waals surface area contributed by atoms with E-state index in [4.69, 9.17) is 0 Å². The summed E-state index contributed by atoms with van der Waals surface area (Å²) in [5, 5.41) is 1.09. The van der Waals surface area contributed by atoms with Crippen molar-refractivity contribution in [3.05, 3.63) is 54.7 Å². The molecule has 8 nitrogen and oxygen atoms in total. The molecule has 2 aromatic carbocycles. The van der Waals surface area contributed by atoms with Gasteiger partial charge in [0.1, 0.15) is 22.5 Å². The second kappa shape index (κ2) is 7.46. The zero-order valence-electron chi connectivity index (χ0n) is 16.0. The molecule has 0 aliphatic carbocycles. The zero-order chi connectivity index (χ0) is 20.7. The van der Waals surface area contributed by atoms with Gasteiger partial charge in [0.25, 0.3) is 0 Å². The van der Waals surface area contributed by atoms with Gasteiger partial charge < -0.3 is 9.47 Å². The number of hydrogen-bond acceptors (Lipinski definition) is 6. The first kappa shape index (κ1) is 19.2. The van der Waals surface area contributed by atoms with Crippen LogP contribution in [0.2, 0.25) is 0 Å². The van der Waals surface area contributed by atoms with Crippen LogP contribution in [-0.4, -0.2) is 63.0 Å².